The van der Waals surface area contributed by atoms with Crippen molar-refractivity contribution in [2.24, 2.45) is 5.92 Å². The molecule has 1 fully saturated rings. The third kappa shape index (κ3) is 4.77. The minimum absolute atomic E-state index is 0.0748. The molecule has 5 rings (SSSR count). The number of nitrogens with zero attached hydrogens (tertiary/aromatic N) is 2. The van der Waals surface area contributed by atoms with Crippen LogP contribution in [-0.2, 0) is 26.4 Å². The van der Waals surface area contributed by atoms with Crippen LogP contribution in [-0.4, -0.2) is 38.0 Å². The predicted octanol–water partition coefficient (Wildman–Crippen LogP) is 3.44. The molecule has 10 nitrogen and oxygen atoms in total. The van der Waals surface area contributed by atoms with Gasteiger partial charge in [0, 0.05) is 12.2 Å². The van der Waals surface area contributed by atoms with E-state index in [4.69, 9.17) is 0 Å². The number of sulfonamides is 1. The first-order chi connectivity index (χ1) is 17.0. The summed E-state index contributed by atoms with van der Waals surface area (Å²) in [5, 5.41) is 21.2. The van der Waals surface area contributed by atoms with Gasteiger partial charge >= 0.3 is 0 Å². The fourth-order valence-corrected chi connectivity index (χ4v) is 7.19. The van der Waals surface area contributed by atoms with Gasteiger partial charge in [-0.1, -0.05) is 18.9 Å². The lowest BCUT2D eigenvalue weighted by atomic mass is 10.1. The lowest BCUT2D eigenvalue weighted by Crippen LogP contribution is -2.30. The Kier molecular flexibility index (Phi) is 6.17. The number of aromatic nitrogens is 2. The number of rotatable bonds is 6. The van der Waals surface area contributed by atoms with Gasteiger partial charge in [0.05, 0.1) is 32.8 Å². The van der Waals surface area contributed by atoms with Crippen LogP contribution >= 0.6 is 11.3 Å². The molecule has 1 aliphatic heterocycles. The molecule has 2 aliphatic rings. The van der Waals surface area contributed by atoms with E-state index in [0.717, 1.165) is 37.3 Å². The molecule has 0 amide bonds. The van der Waals surface area contributed by atoms with Crippen molar-refractivity contribution in [1.29, 1.82) is 0 Å². The number of sulfone groups is 1. The summed E-state index contributed by atoms with van der Waals surface area (Å²) in [6.45, 7) is 0.377. The Morgan fingerprint density at radius 2 is 2.00 bits per heavy atom. The lowest BCUT2D eigenvalue weighted by molar-refractivity contribution is 0.405. The maximum Gasteiger partial charge on any atom is 0.279 e. The van der Waals surface area contributed by atoms with E-state index >= 15 is 0 Å². The standard InChI is InChI=1S/C23H24N4O6S3/c1-35(30,31)26-15-8-9-16-19(11-15)36(32,33)13-17(24-16)20-22(28)21(18-7-4-10-34-18)25-27(23(20)29)12-14-5-2-3-6-14/h4,7-11,13-14,24,26,28H,2-3,5-6,12H2,1H3. The Morgan fingerprint density at radius 3 is 2.67 bits per heavy atom. The Hall–Kier alpha value is -3.16. The van der Waals surface area contributed by atoms with Crippen molar-refractivity contribution in [2.45, 2.75) is 37.1 Å². The molecule has 3 heterocycles. The van der Waals surface area contributed by atoms with Crippen molar-refractivity contribution in [3.05, 3.63) is 57.0 Å². The first-order valence-electron chi connectivity index (χ1n) is 11.3. The minimum atomic E-state index is -4.09. The molecule has 1 aromatic carbocycles. The molecule has 1 aliphatic carbocycles. The zero-order valence-corrected chi connectivity index (χ0v) is 21.7. The molecule has 0 bridgehead atoms. The SMILES string of the molecule is CS(=O)(=O)Nc1ccc2c(c1)S(=O)(=O)C=C(c1c(O)c(-c3cccs3)nn(CC3CCCC3)c1=O)N2. The van der Waals surface area contributed by atoms with Gasteiger partial charge in [-0.2, -0.15) is 5.10 Å². The molecular formula is C23H24N4O6S3. The molecule has 190 valence electrons. The molecule has 13 heteroatoms. The van der Waals surface area contributed by atoms with Gasteiger partial charge in [0.25, 0.3) is 5.56 Å². The second-order valence-corrected chi connectivity index (χ2v) is 13.4. The molecular weight excluding hydrogens is 524 g/mol. The summed E-state index contributed by atoms with van der Waals surface area (Å²) in [6.07, 6.45) is 5.09. The molecule has 0 radical (unpaired) electrons. The average Bonchev–Trinajstić information content (AvgIpc) is 3.49. The fourth-order valence-electron chi connectivity index (χ4n) is 4.60. The Bertz CT molecular complexity index is 1640. The van der Waals surface area contributed by atoms with Crippen LogP contribution in [0.4, 0.5) is 11.4 Å². The molecule has 0 atom stereocenters. The van der Waals surface area contributed by atoms with E-state index < -0.39 is 31.2 Å². The molecule has 1 saturated carbocycles. The number of hydrogen-bond donors (Lipinski definition) is 3. The summed E-state index contributed by atoms with van der Waals surface area (Å²) >= 11 is 1.35. The second kappa shape index (κ2) is 9.05. The average molecular weight is 549 g/mol. The number of fused-ring (bicyclic) bond motifs is 1. The Morgan fingerprint density at radius 1 is 1.25 bits per heavy atom. The van der Waals surface area contributed by atoms with E-state index in [2.05, 4.69) is 15.1 Å². The third-order valence-electron chi connectivity index (χ3n) is 6.19. The van der Waals surface area contributed by atoms with Crippen LogP contribution in [0.2, 0.25) is 0 Å². The van der Waals surface area contributed by atoms with Crippen LogP contribution in [0.15, 0.2) is 50.8 Å². The Labute approximate surface area is 212 Å². The second-order valence-electron chi connectivity index (χ2n) is 8.97. The van der Waals surface area contributed by atoms with Crippen LogP contribution in [0.5, 0.6) is 5.75 Å². The van der Waals surface area contributed by atoms with Gasteiger partial charge in [-0.15, -0.1) is 11.3 Å². The van der Waals surface area contributed by atoms with E-state index in [1.807, 2.05) is 5.38 Å². The summed E-state index contributed by atoms with van der Waals surface area (Å²) in [5.74, 6) is -0.125. The first kappa shape index (κ1) is 24.5. The van der Waals surface area contributed by atoms with Crippen molar-refractivity contribution >= 4 is 48.3 Å². The van der Waals surface area contributed by atoms with E-state index in [1.54, 1.807) is 12.1 Å². The van der Waals surface area contributed by atoms with Crippen LogP contribution in [0, 0.1) is 5.92 Å². The summed E-state index contributed by atoms with van der Waals surface area (Å²) < 4.78 is 53.1. The molecule has 3 N–H and O–H groups in total. The van der Waals surface area contributed by atoms with E-state index in [1.165, 1.54) is 34.2 Å². The normalized spacial score (nSPS) is 17.3. The van der Waals surface area contributed by atoms with Gasteiger partial charge in [0.15, 0.2) is 5.75 Å². The predicted molar refractivity (Wildman–Crippen MR) is 139 cm³/mol. The zero-order chi connectivity index (χ0) is 25.7. The van der Waals surface area contributed by atoms with Crippen LogP contribution in [0.3, 0.4) is 0 Å². The Balaban J connectivity index is 1.64. The summed E-state index contributed by atoms with van der Waals surface area (Å²) in [7, 11) is -7.70. The number of aromatic hydroxyl groups is 1. The van der Waals surface area contributed by atoms with Gasteiger partial charge < -0.3 is 10.4 Å². The highest BCUT2D eigenvalue weighted by atomic mass is 32.2. The van der Waals surface area contributed by atoms with E-state index in [9.17, 15) is 26.7 Å². The molecule has 36 heavy (non-hydrogen) atoms. The quantitative estimate of drug-likeness (QED) is 0.424. The van der Waals surface area contributed by atoms with Crippen LogP contribution in [0.1, 0.15) is 31.2 Å². The molecule has 3 aromatic rings. The molecule has 2 aromatic heterocycles. The number of benzene rings is 1. The highest BCUT2D eigenvalue weighted by Crippen LogP contribution is 2.39. The maximum absolute atomic E-state index is 13.5. The van der Waals surface area contributed by atoms with Crippen LogP contribution in [0.25, 0.3) is 16.3 Å². The van der Waals surface area contributed by atoms with E-state index in [-0.39, 0.29) is 39.1 Å². The van der Waals surface area contributed by atoms with Gasteiger partial charge in [-0.25, -0.2) is 21.5 Å². The topological polar surface area (TPSA) is 147 Å². The molecule has 0 spiro atoms. The van der Waals surface area contributed by atoms with Crippen molar-refractivity contribution in [1.82, 2.24) is 9.78 Å². The highest BCUT2D eigenvalue weighted by molar-refractivity contribution is 7.94. The highest BCUT2D eigenvalue weighted by Gasteiger charge is 2.30. The van der Waals surface area contributed by atoms with Crippen molar-refractivity contribution in [3.8, 4) is 16.3 Å². The summed E-state index contributed by atoms with van der Waals surface area (Å²) in [4.78, 5) is 14.0. The van der Waals surface area contributed by atoms with Crippen molar-refractivity contribution in [2.75, 3.05) is 16.3 Å². The first-order valence-corrected chi connectivity index (χ1v) is 15.6. The zero-order valence-electron chi connectivity index (χ0n) is 19.3. The summed E-state index contributed by atoms with van der Waals surface area (Å²) in [5.41, 5.74) is -0.400. The van der Waals surface area contributed by atoms with Gasteiger partial charge in [0.1, 0.15) is 11.3 Å². The van der Waals surface area contributed by atoms with Crippen LogP contribution < -0.4 is 15.6 Å². The number of nitrogens with one attached hydrogen (secondary N) is 2. The monoisotopic (exact) mass is 548 g/mol. The largest absolute Gasteiger partial charge is 0.505 e. The number of thiophene rings is 1. The number of anilines is 2. The van der Waals surface area contributed by atoms with E-state index in [0.29, 0.717) is 11.4 Å². The molecule has 0 unspecified atom stereocenters. The summed E-state index contributed by atoms with van der Waals surface area (Å²) in [6, 6.07) is 7.59. The number of hydrogen-bond acceptors (Lipinski definition) is 9. The molecule has 0 saturated heterocycles. The lowest BCUT2D eigenvalue weighted by Gasteiger charge is -2.22. The smallest absolute Gasteiger partial charge is 0.279 e. The maximum atomic E-state index is 13.5. The third-order valence-corrected chi connectivity index (χ3v) is 9.17. The fraction of sp³-hybridized carbons (Fsp3) is 0.304. The van der Waals surface area contributed by atoms with Gasteiger partial charge in [-0.05, 0) is 48.4 Å². The van der Waals surface area contributed by atoms with Gasteiger partial charge in [-0.3, -0.25) is 9.52 Å². The van der Waals surface area contributed by atoms with Crippen molar-refractivity contribution < 1.29 is 21.9 Å². The van der Waals surface area contributed by atoms with Crippen molar-refractivity contribution in [3.63, 3.8) is 0 Å². The van der Waals surface area contributed by atoms with Gasteiger partial charge in [0.2, 0.25) is 19.9 Å². The minimum Gasteiger partial charge on any atom is -0.505 e.